The highest BCUT2D eigenvalue weighted by Gasteiger charge is 2.33. The van der Waals surface area contributed by atoms with Crippen LogP contribution in [0.15, 0.2) is 18.2 Å². The third-order valence-corrected chi connectivity index (χ3v) is 4.48. The Labute approximate surface area is 142 Å². The van der Waals surface area contributed by atoms with Crippen LogP contribution >= 0.6 is 0 Å². The molecular weight excluding hydrogens is 310 g/mol. The van der Waals surface area contributed by atoms with Crippen LogP contribution in [0, 0.1) is 5.92 Å². The Balaban J connectivity index is 2.09. The van der Waals surface area contributed by atoms with Gasteiger partial charge in [0.15, 0.2) is 11.5 Å². The molecule has 1 amide bonds. The molecule has 1 N–H and O–H groups in total. The second kappa shape index (κ2) is 8.04. The Hall–Kier alpha value is -2.24. The van der Waals surface area contributed by atoms with Gasteiger partial charge in [-0.25, -0.2) is 4.79 Å². The average molecular weight is 335 g/mol. The Bertz CT molecular complexity index is 601. The average Bonchev–Trinajstić information content (AvgIpc) is 2.60. The highest BCUT2D eigenvalue weighted by atomic mass is 16.5. The molecular formula is C18H25NO5. The lowest BCUT2D eigenvalue weighted by Gasteiger charge is -2.34. The monoisotopic (exact) mass is 335 g/mol. The summed E-state index contributed by atoms with van der Waals surface area (Å²) in [6.45, 7) is 2.36. The summed E-state index contributed by atoms with van der Waals surface area (Å²) in [7, 11) is 3.15. The van der Waals surface area contributed by atoms with Gasteiger partial charge in [-0.2, -0.15) is 0 Å². The third kappa shape index (κ3) is 3.99. The highest BCUT2D eigenvalue weighted by Crippen LogP contribution is 2.29. The van der Waals surface area contributed by atoms with Gasteiger partial charge in [0.2, 0.25) is 5.91 Å². The summed E-state index contributed by atoms with van der Waals surface area (Å²) in [5.41, 5.74) is 0.956. The molecule has 1 heterocycles. The molecule has 1 aromatic carbocycles. The van der Waals surface area contributed by atoms with E-state index < -0.39 is 12.0 Å². The topological polar surface area (TPSA) is 76.1 Å². The molecule has 2 rings (SSSR count). The molecule has 1 aliphatic heterocycles. The first-order chi connectivity index (χ1) is 11.5. The zero-order valence-corrected chi connectivity index (χ0v) is 14.4. The number of rotatable bonds is 6. The van der Waals surface area contributed by atoms with Gasteiger partial charge in [0, 0.05) is 12.5 Å². The number of carbonyl (C=O) groups excluding carboxylic acids is 1. The van der Waals surface area contributed by atoms with Crippen LogP contribution in [-0.2, 0) is 16.0 Å². The van der Waals surface area contributed by atoms with Gasteiger partial charge in [-0.15, -0.1) is 0 Å². The molecule has 1 aliphatic rings. The number of carboxylic acids is 1. The van der Waals surface area contributed by atoms with Crippen LogP contribution in [0.5, 0.6) is 11.5 Å². The van der Waals surface area contributed by atoms with E-state index in [1.165, 1.54) is 4.90 Å². The van der Waals surface area contributed by atoms with E-state index in [1.54, 1.807) is 14.2 Å². The first-order valence-electron chi connectivity index (χ1n) is 8.22. The van der Waals surface area contributed by atoms with Crippen LogP contribution in [0.3, 0.4) is 0 Å². The number of carboxylic acid groups (broad SMARTS) is 1. The summed E-state index contributed by atoms with van der Waals surface area (Å²) >= 11 is 0. The van der Waals surface area contributed by atoms with Crippen LogP contribution in [0.1, 0.15) is 31.7 Å². The van der Waals surface area contributed by atoms with E-state index in [9.17, 15) is 14.7 Å². The van der Waals surface area contributed by atoms with Gasteiger partial charge in [-0.1, -0.05) is 13.0 Å². The minimum Gasteiger partial charge on any atom is -0.493 e. The molecule has 2 atom stereocenters. The minimum absolute atomic E-state index is 0.100. The zero-order valence-electron chi connectivity index (χ0n) is 14.4. The second-order valence-electron chi connectivity index (χ2n) is 6.18. The largest absolute Gasteiger partial charge is 0.493 e. The highest BCUT2D eigenvalue weighted by molar-refractivity contribution is 5.85. The molecule has 2 unspecified atom stereocenters. The number of ether oxygens (including phenoxy) is 2. The number of piperidine rings is 1. The van der Waals surface area contributed by atoms with Gasteiger partial charge >= 0.3 is 5.97 Å². The standard InChI is InChI=1S/C18H25NO5/c1-12(10-13-7-8-15(23-2)16(11-13)24-3)17(20)19-9-5-4-6-14(19)18(21)22/h7-8,11-12,14H,4-6,9-10H2,1-3H3,(H,21,22). The number of likely N-dealkylation sites (tertiary alicyclic amines) is 1. The zero-order chi connectivity index (χ0) is 17.7. The van der Waals surface area contributed by atoms with E-state index in [4.69, 9.17) is 9.47 Å². The molecule has 0 aliphatic carbocycles. The number of benzene rings is 1. The van der Waals surface area contributed by atoms with Gasteiger partial charge in [0.05, 0.1) is 14.2 Å². The van der Waals surface area contributed by atoms with Crippen LogP contribution in [0.2, 0.25) is 0 Å². The Morgan fingerprint density at radius 2 is 1.96 bits per heavy atom. The molecule has 24 heavy (non-hydrogen) atoms. The van der Waals surface area contributed by atoms with Crippen molar-refractivity contribution in [3.63, 3.8) is 0 Å². The third-order valence-electron chi connectivity index (χ3n) is 4.48. The van der Waals surface area contributed by atoms with E-state index in [1.807, 2.05) is 25.1 Å². The number of hydrogen-bond acceptors (Lipinski definition) is 4. The smallest absolute Gasteiger partial charge is 0.326 e. The summed E-state index contributed by atoms with van der Waals surface area (Å²) in [5.74, 6) is -0.0421. The van der Waals surface area contributed by atoms with Gasteiger partial charge < -0.3 is 19.5 Å². The van der Waals surface area contributed by atoms with E-state index in [0.29, 0.717) is 30.9 Å². The lowest BCUT2D eigenvalue weighted by atomic mass is 9.95. The van der Waals surface area contributed by atoms with Crippen LogP contribution in [0.25, 0.3) is 0 Å². The Morgan fingerprint density at radius 3 is 2.58 bits per heavy atom. The molecule has 6 heteroatoms. The maximum Gasteiger partial charge on any atom is 0.326 e. The maximum absolute atomic E-state index is 12.7. The van der Waals surface area contributed by atoms with Gasteiger partial charge in [-0.3, -0.25) is 4.79 Å². The maximum atomic E-state index is 12.7. The summed E-state index contributed by atoms with van der Waals surface area (Å²) in [4.78, 5) is 25.6. The summed E-state index contributed by atoms with van der Waals surface area (Å²) in [5, 5.41) is 9.33. The summed E-state index contributed by atoms with van der Waals surface area (Å²) in [6.07, 6.45) is 2.77. The number of aliphatic carboxylic acids is 1. The van der Waals surface area contributed by atoms with Crippen LogP contribution < -0.4 is 9.47 Å². The second-order valence-corrected chi connectivity index (χ2v) is 6.18. The molecule has 1 fully saturated rings. The predicted molar refractivity (Wildman–Crippen MR) is 89.4 cm³/mol. The van der Waals surface area contributed by atoms with E-state index in [0.717, 1.165) is 18.4 Å². The Morgan fingerprint density at radius 1 is 1.25 bits per heavy atom. The fraction of sp³-hybridized carbons (Fsp3) is 0.556. The van der Waals surface area contributed by atoms with Crippen LogP contribution in [-0.4, -0.2) is 48.7 Å². The molecule has 132 valence electrons. The number of amides is 1. The van der Waals surface area contributed by atoms with Crippen LogP contribution in [0.4, 0.5) is 0 Å². The minimum atomic E-state index is -0.915. The number of nitrogens with zero attached hydrogens (tertiary/aromatic N) is 1. The van der Waals surface area contributed by atoms with Crippen molar-refractivity contribution in [3.8, 4) is 11.5 Å². The van der Waals surface area contributed by atoms with Gasteiger partial charge in [-0.05, 0) is 43.4 Å². The fourth-order valence-corrected chi connectivity index (χ4v) is 3.18. The lowest BCUT2D eigenvalue weighted by molar-refractivity contribution is -0.153. The van der Waals surface area contributed by atoms with Crippen molar-refractivity contribution in [2.75, 3.05) is 20.8 Å². The first-order valence-corrected chi connectivity index (χ1v) is 8.22. The van der Waals surface area contributed by atoms with Crippen molar-refractivity contribution in [1.29, 1.82) is 0 Å². The Kier molecular flexibility index (Phi) is 6.06. The van der Waals surface area contributed by atoms with Crippen molar-refractivity contribution >= 4 is 11.9 Å². The summed E-state index contributed by atoms with van der Waals surface area (Å²) in [6, 6.07) is 4.87. The first kappa shape index (κ1) is 18.1. The SMILES string of the molecule is COc1ccc(CC(C)C(=O)N2CCCCC2C(=O)O)cc1OC. The predicted octanol–water partition coefficient (Wildman–Crippen LogP) is 2.35. The molecule has 0 aromatic heterocycles. The van der Waals surface area contributed by atoms with Crippen molar-refractivity contribution < 1.29 is 24.2 Å². The number of methoxy groups -OCH3 is 2. The number of carbonyl (C=O) groups is 2. The molecule has 1 saturated heterocycles. The van der Waals surface area contributed by atoms with Crippen molar-refractivity contribution in [2.45, 2.75) is 38.6 Å². The van der Waals surface area contributed by atoms with Gasteiger partial charge in [0.25, 0.3) is 0 Å². The fourth-order valence-electron chi connectivity index (χ4n) is 3.18. The molecule has 6 nitrogen and oxygen atoms in total. The molecule has 0 bridgehead atoms. The normalized spacial score (nSPS) is 18.8. The molecule has 1 aromatic rings. The quantitative estimate of drug-likeness (QED) is 0.863. The lowest BCUT2D eigenvalue weighted by Crippen LogP contribution is -2.50. The molecule has 0 radical (unpaired) electrons. The van der Waals surface area contributed by atoms with E-state index in [-0.39, 0.29) is 11.8 Å². The van der Waals surface area contributed by atoms with Crippen molar-refractivity contribution in [2.24, 2.45) is 5.92 Å². The summed E-state index contributed by atoms with van der Waals surface area (Å²) < 4.78 is 10.5. The number of hydrogen-bond donors (Lipinski definition) is 1. The van der Waals surface area contributed by atoms with E-state index >= 15 is 0 Å². The molecule has 0 spiro atoms. The van der Waals surface area contributed by atoms with Crippen molar-refractivity contribution in [1.82, 2.24) is 4.90 Å². The van der Waals surface area contributed by atoms with Gasteiger partial charge in [0.1, 0.15) is 6.04 Å². The van der Waals surface area contributed by atoms with Crippen molar-refractivity contribution in [3.05, 3.63) is 23.8 Å². The van der Waals surface area contributed by atoms with E-state index in [2.05, 4.69) is 0 Å². The molecule has 0 saturated carbocycles.